The molecule has 0 saturated heterocycles. The van der Waals surface area contributed by atoms with Crippen LogP contribution >= 0.6 is 15.9 Å². The highest BCUT2D eigenvalue weighted by Gasteiger charge is 2.10. The van der Waals surface area contributed by atoms with Crippen molar-refractivity contribution < 1.29 is 14.3 Å². The van der Waals surface area contributed by atoms with Gasteiger partial charge in [-0.3, -0.25) is 20.4 Å². The molecule has 0 aromatic heterocycles. The van der Waals surface area contributed by atoms with Gasteiger partial charge in [-0.1, -0.05) is 38.1 Å². The van der Waals surface area contributed by atoms with Crippen molar-refractivity contribution in [2.45, 2.75) is 26.2 Å². The molecule has 2 rings (SSSR count). The second-order valence-corrected chi connectivity index (χ2v) is 6.50. The van der Waals surface area contributed by atoms with Gasteiger partial charge < -0.3 is 4.74 Å². The van der Waals surface area contributed by atoms with E-state index in [9.17, 15) is 9.59 Å². The minimum atomic E-state index is -0.439. The van der Waals surface area contributed by atoms with Crippen LogP contribution in [0.15, 0.2) is 53.0 Å². The van der Waals surface area contributed by atoms with Crippen molar-refractivity contribution in [2.24, 2.45) is 0 Å². The van der Waals surface area contributed by atoms with Crippen LogP contribution in [0.3, 0.4) is 0 Å². The topological polar surface area (TPSA) is 67.4 Å². The first-order valence-electron chi connectivity index (χ1n) is 8.07. The molecule has 2 amide bonds. The predicted octanol–water partition coefficient (Wildman–Crippen LogP) is 3.80. The summed E-state index contributed by atoms with van der Waals surface area (Å²) in [5.41, 5.74) is 6.36. The molecule has 1 atom stereocenters. The van der Waals surface area contributed by atoms with Crippen molar-refractivity contribution in [2.75, 3.05) is 6.61 Å². The Labute approximate surface area is 155 Å². The number of hydrazine groups is 1. The van der Waals surface area contributed by atoms with Gasteiger partial charge in [-0.2, -0.15) is 0 Å². The second kappa shape index (κ2) is 9.22. The normalized spacial score (nSPS) is 11.5. The number of nitrogens with one attached hydrogen (secondary N) is 2. The van der Waals surface area contributed by atoms with Gasteiger partial charge in [0.2, 0.25) is 0 Å². The van der Waals surface area contributed by atoms with Gasteiger partial charge >= 0.3 is 0 Å². The lowest BCUT2D eigenvalue weighted by atomic mass is 9.99. The Balaban J connectivity index is 1.79. The summed E-state index contributed by atoms with van der Waals surface area (Å²) in [6.45, 7) is 4.12. The van der Waals surface area contributed by atoms with Crippen LogP contribution in [0.2, 0.25) is 0 Å². The number of carbonyl (C=O) groups excluding carboxylic acids is 2. The van der Waals surface area contributed by atoms with Crippen molar-refractivity contribution in [3.8, 4) is 5.75 Å². The van der Waals surface area contributed by atoms with Crippen molar-refractivity contribution in [3.63, 3.8) is 0 Å². The summed E-state index contributed by atoms with van der Waals surface area (Å²) in [5, 5.41) is 0. The van der Waals surface area contributed by atoms with Crippen LogP contribution in [0.5, 0.6) is 5.75 Å². The number of hydrogen-bond acceptors (Lipinski definition) is 3. The van der Waals surface area contributed by atoms with Crippen LogP contribution in [-0.2, 0) is 4.79 Å². The summed E-state index contributed by atoms with van der Waals surface area (Å²) >= 11 is 3.29. The van der Waals surface area contributed by atoms with Gasteiger partial charge in [0, 0.05) is 4.47 Å². The summed E-state index contributed by atoms with van der Waals surface area (Å²) in [6.07, 6.45) is 1.07. The number of hydrogen-bond donors (Lipinski definition) is 2. The number of halogens is 1. The van der Waals surface area contributed by atoms with Gasteiger partial charge in [-0.05, 0) is 58.1 Å². The molecule has 0 spiro atoms. The molecular weight excluding hydrogens is 384 g/mol. The molecule has 2 aromatic carbocycles. The zero-order valence-electron chi connectivity index (χ0n) is 14.2. The molecule has 2 N–H and O–H groups in total. The van der Waals surface area contributed by atoms with Crippen LogP contribution < -0.4 is 15.6 Å². The Morgan fingerprint density at radius 1 is 1.08 bits per heavy atom. The third kappa shape index (κ3) is 5.60. The van der Waals surface area contributed by atoms with Crippen LogP contribution in [0, 0.1) is 0 Å². The molecule has 25 heavy (non-hydrogen) atoms. The van der Waals surface area contributed by atoms with Crippen molar-refractivity contribution in [3.05, 3.63) is 64.1 Å². The molecule has 6 heteroatoms. The Hall–Kier alpha value is -2.34. The predicted molar refractivity (Wildman–Crippen MR) is 100 cm³/mol. The highest BCUT2D eigenvalue weighted by Crippen LogP contribution is 2.21. The minimum absolute atomic E-state index is 0.182. The molecule has 0 saturated carbocycles. The lowest BCUT2D eigenvalue weighted by Crippen LogP contribution is -2.43. The molecule has 132 valence electrons. The fraction of sp³-hybridized carbons (Fsp3) is 0.263. The third-order valence-corrected chi connectivity index (χ3v) is 4.56. The van der Waals surface area contributed by atoms with Gasteiger partial charge in [-0.25, -0.2) is 0 Å². The largest absolute Gasteiger partial charge is 0.484 e. The van der Waals surface area contributed by atoms with E-state index in [2.05, 4.69) is 40.6 Å². The average molecular weight is 405 g/mol. The summed E-state index contributed by atoms with van der Waals surface area (Å²) in [5.74, 6) is 0.259. The van der Waals surface area contributed by atoms with E-state index in [-0.39, 0.29) is 6.61 Å². The van der Waals surface area contributed by atoms with E-state index in [1.165, 1.54) is 5.56 Å². The van der Waals surface area contributed by atoms with Crippen LogP contribution in [0.4, 0.5) is 0 Å². The summed E-state index contributed by atoms with van der Waals surface area (Å²) in [7, 11) is 0. The molecule has 0 aliphatic carbocycles. The maximum absolute atomic E-state index is 12.0. The lowest BCUT2D eigenvalue weighted by molar-refractivity contribution is -0.123. The van der Waals surface area contributed by atoms with E-state index >= 15 is 0 Å². The second-order valence-electron chi connectivity index (χ2n) is 5.65. The number of benzene rings is 2. The number of carbonyl (C=O) groups is 2. The molecule has 2 aromatic rings. The maximum Gasteiger partial charge on any atom is 0.276 e. The number of ether oxygens (including phenoxy) is 1. The molecule has 5 nitrogen and oxygen atoms in total. The molecule has 1 unspecified atom stereocenters. The van der Waals surface area contributed by atoms with Crippen LogP contribution in [0.25, 0.3) is 0 Å². The molecule has 0 bridgehead atoms. The Morgan fingerprint density at radius 2 is 1.76 bits per heavy atom. The molecule has 0 heterocycles. The van der Waals surface area contributed by atoms with E-state index in [4.69, 9.17) is 4.74 Å². The molecule has 0 fully saturated rings. The van der Waals surface area contributed by atoms with E-state index in [0.29, 0.717) is 21.7 Å². The average Bonchev–Trinajstić information content (AvgIpc) is 2.64. The minimum Gasteiger partial charge on any atom is -0.484 e. The van der Waals surface area contributed by atoms with Gasteiger partial charge in [-0.15, -0.1) is 0 Å². The zero-order valence-corrected chi connectivity index (χ0v) is 15.8. The van der Waals surface area contributed by atoms with E-state index < -0.39 is 11.8 Å². The standard InChI is InChI=1S/C19H21BrN2O3/c1-3-13(2)14-8-10-15(11-9-14)25-12-18(23)21-22-19(24)16-6-4-5-7-17(16)20/h4-11,13H,3,12H2,1-2H3,(H,21,23)(H,22,24). The van der Waals surface area contributed by atoms with Crippen molar-refractivity contribution in [1.29, 1.82) is 0 Å². The van der Waals surface area contributed by atoms with Gasteiger partial charge in [0.05, 0.1) is 5.56 Å². The lowest BCUT2D eigenvalue weighted by Gasteiger charge is -2.11. The maximum atomic E-state index is 12.0. The SMILES string of the molecule is CCC(C)c1ccc(OCC(=O)NNC(=O)c2ccccc2Br)cc1. The number of amides is 2. The van der Waals surface area contributed by atoms with Gasteiger partial charge in [0.25, 0.3) is 11.8 Å². The highest BCUT2D eigenvalue weighted by atomic mass is 79.9. The third-order valence-electron chi connectivity index (χ3n) is 3.87. The zero-order chi connectivity index (χ0) is 18.2. The molecule has 0 aliphatic rings. The summed E-state index contributed by atoms with van der Waals surface area (Å²) < 4.78 is 6.08. The Morgan fingerprint density at radius 3 is 2.40 bits per heavy atom. The molecular formula is C19H21BrN2O3. The Bertz CT molecular complexity index is 732. The summed E-state index contributed by atoms with van der Waals surface area (Å²) in [6, 6.07) is 14.6. The first kappa shape index (κ1) is 19.0. The fourth-order valence-electron chi connectivity index (χ4n) is 2.15. The number of rotatable bonds is 6. The first-order chi connectivity index (χ1) is 12.0. The quantitative estimate of drug-likeness (QED) is 0.719. The van der Waals surface area contributed by atoms with E-state index in [0.717, 1.165) is 6.42 Å². The van der Waals surface area contributed by atoms with Crippen LogP contribution in [-0.4, -0.2) is 18.4 Å². The monoisotopic (exact) mass is 404 g/mol. The van der Waals surface area contributed by atoms with E-state index in [1.54, 1.807) is 24.3 Å². The van der Waals surface area contributed by atoms with Gasteiger partial charge in [0.15, 0.2) is 6.61 Å². The van der Waals surface area contributed by atoms with Crippen LogP contribution in [0.1, 0.15) is 42.1 Å². The first-order valence-corrected chi connectivity index (χ1v) is 8.87. The fourth-order valence-corrected chi connectivity index (χ4v) is 2.62. The molecule has 0 radical (unpaired) electrons. The summed E-state index contributed by atoms with van der Waals surface area (Å²) in [4.78, 5) is 23.8. The molecule has 0 aliphatic heterocycles. The van der Waals surface area contributed by atoms with Crippen molar-refractivity contribution in [1.82, 2.24) is 10.9 Å². The Kier molecular flexibility index (Phi) is 7.01. The van der Waals surface area contributed by atoms with Crippen molar-refractivity contribution >= 4 is 27.7 Å². The van der Waals surface area contributed by atoms with Gasteiger partial charge in [0.1, 0.15) is 5.75 Å². The van der Waals surface area contributed by atoms with E-state index in [1.807, 2.05) is 24.3 Å². The highest BCUT2D eigenvalue weighted by molar-refractivity contribution is 9.10. The smallest absolute Gasteiger partial charge is 0.276 e.